The van der Waals surface area contributed by atoms with Crippen LogP contribution >= 0.6 is 11.6 Å². The predicted octanol–water partition coefficient (Wildman–Crippen LogP) is 3.01. The number of hydrogen-bond donors (Lipinski definition) is 1. The Morgan fingerprint density at radius 3 is 2.78 bits per heavy atom. The van der Waals surface area contributed by atoms with Crippen LogP contribution in [-0.2, 0) is 0 Å². The van der Waals surface area contributed by atoms with E-state index in [1.165, 1.54) is 14.0 Å². The zero-order valence-corrected chi connectivity index (χ0v) is 10.5. The Hall–Kier alpha value is -2.01. The van der Waals surface area contributed by atoms with E-state index in [4.69, 9.17) is 25.9 Å². The Labute approximate surface area is 108 Å². The summed E-state index contributed by atoms with van der Waals surface area (Å²) in [6.45, 7) is 1.54. The van der Waals surface area contributed by atoms with Gasteiger partial charge in [-0.1, -0.05) is 11.6 Å². The summed E-state index contributed by atoms with van der Waals surface area (Å²) in [6.07, 6.45) is 0. The molecule has 0 aliphatic rings. The summed E-state index contributed by atoms with van der Waals surface area (Å²) < 4.78 is 10.5. The van der Waals surface area contributed by atoms with Gasteiger partial charge in [0, 0.05) is 5.02 Å². The molecule has 1 aromatic carbocycles. The topological polar surface area (TPSA) is 72.6 Å². The van der Waals surface area contributed by atoms with E-state index in [-0.39, 0.29) is 17.3 Å². The number of benzene rings is 1. The standard InChI is InChI=1S/C12H10ClNO4/c1-6-10(12(15)16)14-11(18-6)8-5-7(13)3-4-9(8)17-2/h3-5H,1-2H3,(H,15,16). The van der Waals surface area contributed by atoms with Crippen LogP contribution in [0.3, 0.4) is 0 Å². The first kappa shape index (κ1) is 12.4. The minimum absolute atomic E-state index is 0.118. The highest BCUT2D eigenvalue weighted by atomic mass is 35.5. The molecule has 0 fully saturated rings. The molecule has 0 amide bonds. The number of carboxylic acid groups (broad SMARTS) is 1. The monoisotopic (exact) mass is 267 g/mol. The SMILES string of the molecule is COc1ccc(Cl)cc1-c1nc(C(=O)O)c(C)o1. The Kier molecular flexibility index (Phi) is 3.25. The molecule has 0 atom stereocenters. The van der Waals surface area contributed by atoms with Crippen LogP contribution < -0.4 is 4.74 Å². The van der Waals surface area contributed by atoms with E-state index in [0.29, 0.717) is 16.3 Å². The van der Waals surface area contributed by atoms with Gasteiger partial charge in [0.25, 0.3) is 0 Å². The molecule has 0 unspecified atom stereocenters. The maximum absolute atomic E-state index is 10.9. The number of carboxylic acids is 1. The number of aromatic nitrogens is 1. The van der Waals surface area contributed by atoms with Crippen LogP contribution in [0, 0.1) is 6.92 Å². The lowest BCUT2D eigenvalue weighted by molar-refractivity contribution is 0.0689. The van der Waals surface area contributed by atoms with Gasteiger partial charge >= 0.3 is 5.97 Å². The van der Waals surface area contributed by atoms with Gasteiger partial charge < -0.3 is 14.3 Å². The summed E-state index contributed by atoms with van der Waals surface area (Å²) in [5, 5.41) is 9.41. The normalized spacial score (nSPS) is 10.4. The Morgan fingerprint density at radius 1 is 1.50 bits per heavy atom. The first-order valence-corrected chi connectivity index (χ1v) is 5.45. The quantitative estimate of drug-likeness (QED) is 0.925. The van der Waals surface area contributed by atoms with Crippen molar-refractivity contribution in [2.24, 2.45) is 0 Å². The Balaban J connectivity index is 2.58. The molecule has 0 bridgehead atoms. The average molecular weight is 268 g/mol. The van der Waals surface area contributed by atoms with Crippen molar-refractivity contribution in [1.29, 1.82) is 0 Å². The van der Waals surface area contributed by atoms with Crippen molar-refractivity contribution in [2.45, 2.75) is 6.92 Å². The average Bonchev–Trinajstić information content (AvgIpc) is 2.71. The zero-order chi connectivity index (χ0) is 13.3. The van der Waals surface area contributed by atoms with Gasteiger partial charge in [-0.25, -0.2) is 9.78 Å². The predicted molar refractivity (Wildman–Crippen MR) is 65.2 cm³/mol. The minimum atomic E-state index is -1.14. The molecule has 2 aromatic rings. The fourth-order valence-corrected chi connectivity index (χ4v) is 1.73. The Morgan fingerprint density at radius 2 is 2.22 bits per heavy atom. The van der Waals surface area contributed by atoms with Crippen molar-refractivity contribution in [3.63, 3.8) is 0 Å². The highest BCUT2D eigenvalue weighted by Crippen LogP contribution is 2.32. The summed E-state index contributed by atoms with van der Waals surface area (Å²) >= 11 is 5.89. The largest absolute Gasteiger partial charge is 0.496 e. The van der Waals surface area contributed by atoms with E-state index in [1.54, 1.807) is 18.2 Å². The molecular formula is C12H10ClNO4. The molecule has 1 heterocycles. The number of oxazole rings is 1. The molecule has 5 nitrogen and oxygen atoms in total. The van der Waals surface area contributed by atoms with Gasteiger partial charge in [-0.05, 0) is 25.1 Å². The molecule has 0 saturated heterocycles. The van der Waals surface area contributed by atoms with Gasteiger partial charge in [0.15, 0.2) is 5.69 Å². The van der Waals surface area contributed by atoms with E-state index in [2.05, 4.69) is 4.98 Å². The number of methoxy groups -OCH3 is 1. The highest BCUT2D eigenvalue weighted by Gasteiger charge is 2.19. The molecule has 0 saturated carbocycles. The van der Waals surface area contributed by atoms with Gasteiger partial charge in [0.1, 0.15) is 11.5 Å². The lowest BCUT2D eigenvalue weighted by atomic mass is 10.2. The highest BCUT2D eigenvalue weighted by molar-refractivity contribution is 6.30. The molecular weight excluding hydrogens is 258 g/mol. The van der Waals surface area contributed by atoms with E-state index in [0.717, 1.165) is 0 Å². The number of nitrogens with zero attached hydrogens (tertiary/aromatic N) is 1. The molecule has 18 heavy (non-hydrogen) atoms. The van der Waals surface area contributed by atoms with Crippen LogP contribution in [0.2, 0.25) is 5.02 Å². The number of hydrogen-bond acceptors (Lipinski definition) is 4. The lowest BCUT2D eigenvalue weighted by Gasteiger charge is -2.05. The second-order valence-corrected chi connectivity index (χ2v) is 4.01. The fraction of sp³-hybridized carbons (Fsp3) is 0.167. The van der Waals surface area contributed by atoms with Gasteiger partial charge in [0.05, 0.1) is 12.7 Å². The molecule has 6 heteroatoms. The van der Waals surface area contributed by atoms with Crippen LogP contribution in [0.5, 0.6) is 5.75 Å². The van der Waals surface area contributed by atoms with Gasteiger partial charge in [-0.3, -0.25) is 0 Å². The van der Waals surface area contributed by atoms with Crippen molar-refractivity contribution in [3.8, 4) is 17.2 Å². The molecule has 1 aromatic heterocycles. The van der Waals surface area contributed by atoms with Crippen molar-refractivity contribution in [2.75, 3.05) is 7.11 Å². The lowest BCUT2D eigenvalue weighted by Crippen LogP contribution is -1.98. The third-order valence-electron chi connectivity index (χ3n) is 2.39. The molecule has 94 valence electrons. The third-order valence-corrected chi connectivity index (χ3v) is 2.63. The van der Waals surface area contributed by atoms with Crippen molar-refractivity contribution in [3.05, 3.63) is 34.7 Å². The molecule has 0 spiro atoms. The smallest absolute Gasteiger partial charge is 0.358 e. The third kappa shape index (κ3) is 2.17. The van der Waals surface area contributed by atoms with Crippen molar-refractivity contribution in [1.82, 2.24) is 4.98 Å². The fourth-order valence-electron chi connectivity index (χ4n) is 1.56. The van der Waals surface area contributed by atoms with Gasteiger partial charge in [-0.2, -0.15) is 0 Å². The number of ether oxygens (including phenoxy) is 1. The number of rotatable bonds is 3. The summed E-state index contributed by atoms with van der Waals surface area (Å²) in [5.41, 5.74) is 0.396. The number of carbonyl (C=O) groups is 1. The van der Waals surface area contributed by atoms with Crippen LogP contribution in [0.4, 0.5) is 0 Å². The molecule has 0 radical (unpaired) electrons. The maximum Gasteiger partial charge on any atom is 0.358 e. The van der Waals surface area contributed by atoms with Crippen molar-refractivity contribution < 1.29 is 19.1 Å². The van der Waals surface area contributed by atoms with E-state index in [1.807, 2.05) is 0 Å². The first-order valence-electron chi connectivity index (χ1n) is 5.07. The minimum Gasteiger partial charge on any atom is -0.496 e. The molecule has 0 aliphatic carbocycles. The van der Waals surface area contributed by atoms with Crippen molar-refractivity contribution >= 4 is 17.6 Å². The maximum atomic E-state index is 10.9. The second kappa shape index (κ2) is 4.70. The second-order valence-electron chi connectivity index (χ2n) is 3.57. The van der Waals surface area contributed by atoms with E-state index >= 15 is 0 Å². The van der Waals surface area contributed by atoms with Crippen LogP contribution in [0.25, 0.3) is 11.5 Å². The molecule has 0 aliphatic heterocycles. The van der Waals surface area contributed by atoms with E-state index in [9.17, 15) is 4.79 Å². The summed E-state index contributed by atoms with van der Waals surface area (Å²) in [5.74, 6) is -0.218. The molecule has 1 N–H and O–H groups in total. The number of aromatic carboxylic acids is 1. The van der Waals surface area contributed by atoms with Gasteiger partial charge in [-0.15, -0.1) is 0 Å². The molecule has 2 rings (SSSR count). The van der Waals surface area contributed by atoms with Gasteiger partial charge in [0.2, 0.25) is 5.89 Å². The summed E-state index contributed by atoms with van der Waals surface area (Å²) in [6, 6.07) is 4.94. The first-order chi connectivity index (χ1) is 8.52. The van der Waals surface area contributed by atoms with Crippen LogP contribution in [-0.4, -0.2) is 23.2 Å². The van der Waals surface area contributed by atoms with Crippen LogP contribution in [0.15, 0.2) is 22.6 Å². The zero-order valence-electron chi connectivity index (χ0n) is 9.73. The summed E-state index contributed by atoms with van der Waals surface area (Å²) in [4.78, 5) is 14.8. The Bertz CT molecular complexity index is 606. The number of halogens is 1. The van der Waals surface area contributed by atoms with E-state index < -0.39 is 5.97 Å². The number of aryl methyl sites for hydroxylation is 1. The van der Waals surface area contributed by atoms with Crippen LogP contribution in [0.1, 0.15) is 16.2 Å². The summed E-state index contributed by atoms with van der Waals surface area (Å²) in [7, 11) is 1.50.